The fourth-order valence-electron chi connectivity index (χ4n) is 7.78. The van der Waals surface area contributed by atoms with E-state index in [0.717, 1.165) is 107 Å². The lowest BCUT2D eigenvalue weighted by Crippen LogP contribution is -2.05. The molecule has 58 heavy (non-hydrogen) atoms. The molecule has 5 aromatic carbocycles. The minimum absolute atomic E-state index is 0.400. The molecule has 0 saturated carbocycles. The van der Waals surface area contributed by atoms with Crippen molar-refractivity contribution in [3.05, 3.63) is 251 Å². The summed E-state index contributed by atoms with van der Waals surface area (Å²) >= 11 is 0. The van der Waals surface area contributed by atoms with Crippen molar-refractivity contribution in [2.45, 2.75) is 6.61 Å². The van der Waals surface area contributed by atoms with Gasteiger partial charge in [0.1, 0.15) is 12.4 Å². The van der Waals surface area contributed by atoms with Crippen LogP contribution in [0, 0.1) is 0 Å². The zero-order valence-corrected chi connectivity index (χ0v) is 31.6. The minimum atomic E-state index is 0.400. The SMILES string of the molecule is C=Cc1ccc(COc2ccccc2C2=C3C=CC(=N3)C(c3ccccc3)=C3C=CC(=N3)C(c3ccccc3)=C3C=CC(=N3)C(c3ccccc3)=C3C=CC2=N3)cc1. The van der Waals surface area contributed by atoms with E-state index in [4.69, 9.17) is 24.7 Å². The zero-order chi connectivity index (χ0) is 38.8. The van der Waals surface area contributed by atoms with E-state index in [1.165, 1.54) is 0 Å². The van der Waals surface area contributed by atoms with Crippen molar-refractivity contribution in [3.8, 4) is 5.75 Å². The van der Waals surface area contributed by atoms with Gasteiger partial charge in [0.25, 0.3) is 0 Å². The van der Waals surface area contributed by atoms with Gasteiger partial charge in [-0.1, -0.05) is 146 Å². The van der Waals surface area contributed by atoms with Crippen molar-refractivity contribution in [1.29, 1.82) is 0 Å². The number of benzene rings is 5. The molecule has 0 radical (unpaired) electrons. The van der Waals surface area contributed by atoms with Crippen molar-refractivity contribution in [2.24, 2.45) is 20.0 Å². The number of aliphatic imine (C=N–C) groups is 4. The Morgan fingerprint density at radius 2 is 0.776 bits per heavy atom. The molecule has 0 amide bonds. The first-order valence-electron chi connectivity index (χ1n) is 19.4. The topological polar surface area (TPSA) is 58.7 Å². The Labute approximate surface area is 338 Å². The van der Waals surface area contributed by atoms with E-state index in [-0.39, 0.29) is 0 Å². The predicted octanol–water partition coefficient (Wildman–Crippen LogP) is 11.9. The van der Waals surface area contributed by atoms with E-state index in [0.29, 0.717) is 6.61 Å². The van der Waals surface area contributed by atoms with Gasteiger partial charge in [-0.05, 0) is 82.5 Å². The molecule has 10 rings (SSSR count). The number of hydrogen-bond donors (Lipinski definition) is 0. The maximum Gasteiger partial charge on any atom is 0.127 e. The molecule has 0 spiro atoms. The molecule has 5 aliphatic rings. The average molecular weight is 745 g/mol. The highest BCUT2D eigenvalue weighted by Gasteiger charge is 2.28. The third kappa shape index (κ3) is 6.55. The molecule has 8 bridgehead atoms. The lowest BCUT2D eigenvalue weighted by Gasteiger charge is -2.16. The van der Waals surface area contributed by atoms with E-state index in [9.17, 15) is 0 Å². The lowest BCUT2D eigenvalue weighted by atomic mass is 9.97. The summed E-state index contributed by atoms with van der Waals surface area (Å²) in [6, 6.07) is 47.5. The molecule has 274 valence electrons. The summed E-state index contributed by atoms with van der Waals surface area (Å²) in [6.07, 6.45) is 18.6. The van der Waals surface area contributed by atoms with E-state index in [1.54, 1.807) is 0 Å². The first-order valence-corrected chi connectivity index (χ1v) is 19.4. The number of rotatable bonds is 8. The molecule has 0 saturated heterocycles. The largest absolute Gasteiger partial charge is 0.488 e. The van der Waals surface area contributed by atoms with Gasteiger partial charge in [0.15, 0.2) is 0 Å². The van der Waals surface area contributed by atoms with E-state index >= 15 is 0 Å². The van der Waals surface area contributed by atoms with Crippen molar-refractivity contribution in [1.82, 2.24) is 0 Å². The number of ether oxygens (including phenoxy) is 1. The summed E-state index contributed by atoms with van der Waals surface area (Å²) in [5, 5.41) is 0. The van der Waals surface area contributed by atoms with Crippen LogP contribution in [0.3, 0.4) is 0 Å². The van der Waals surface area contributed by atoms with Crippen LogP contribution in [0.25, 0.3) is 28.4 Å². The quantitative estimate of drug-likeness (QED) is 0.156. The molecule has 0 fully saturated rings. The smallest absolute Gasteiger partial charge is 0.127 e. The highest BCUT2D eigenvalue weighted by molar-refractivity contribution is 6.39. The summed E-state index contributed by atoms with van der Waals surface area (Å²) in [5.74, 6) is 0.738. The summed E-state index contributed by atoms with van der Waals surface area (Å²) in [6.45, 7) is 4.29. The summed E-state index contributed by atoms with van der Waals surface area (Å²) < 4.78 is 6.62. The molecular weight excluding hydrogens is 709 g/mol. The van der Waals surface area contributed by atoms with Gasteiger partial charge in [0.05, 0.1) is 45.6 Å². The Morgan fingerprint density at radius 3 is 1.21 bits per heavy atom. The van der Waals surface area contributed by atoms with Crippen molar-refractivity contribution in [3.63, 3.8) is 0 Å². The Bertz CT molecular complexity index is 2850. The van der Waals surface area contributed by atoms with Gasteiger partial charge in [-0.2, -0.15) is 0 Å². The third-order valence-electron chi connectivity index (χ3n) is 10.6. The molecule has 0 unspecified atom stereocenters. The highest BCUT2D eigenvalue weighted by atomic mass is 16.5. The Hall–Kier alpha value is -7.76. The van der Waals surface area contributed by atoms with Gasteiger partial charge in [-0.15, -0.1) is 0 Å². The standard InChI is InChI=1S/C53H36N4O/c1-2-35-22-24-36(25-23-35)34-58-49-21-13-12-20-40(49)53-47-32-30-45(56-47)51(38-16-8-4-9-17-38)43-28-26-41(54-43)50(37-14-6-3-7-15-37)42-27-29-44(55-42)52(39-18-10-5-11-19-39)46-31-33-48(53)57-46/h2-33H,1,34H2. The summed E-state index contributed by atoms with van der Waals surface area (Å²) in [4.78, 5) is 21.6. The number of fused-ring (bicyclic) bond motifs is 4. The van der Waals surface area contributed by atoms with Crippen LogP contribution in [0.15, 0.2) is 237 Å². The molecule has 5 heterocycles. The van der Waals surface area contributed by atoms with Gasteiger partial charge >= 0.3 is 0 Å². The maximum absolute atomic E-state index is 6.62. The lowest BCUT2D eigenvalue weighted by molar-refractivity contribution is 0.305. The number of nitrogens with zero attached hydrogens (tertiary/aromatic N) is 4. The first-order chi connectivity index (χ1) is 28.7. The van der Waals surface area contributed by atoms with E-state index in [2.05, 4.69) is 158 Å². The van der Waals surface area contributed by atoms with Crippen molar-refractivity contribution < 1.29 is 4.74 Å². The first kappa shape index (κ1) is 34.7. The summed E-state index contributed by atoms with van der Waals surface area (Å²) in [7, 11) is 0. The molecule has 0 aliphatic carbocycles. The van der Waals surface area contributed by atoms with Crippen LogP contribution >= 0.6 is 0 Å². The molecular formula is C53H36N4O. The third-order valence-corrected chi connectivity index (χ3v) is 10.6. The molecule has 0 atom stereocenters. The van der Waals surface area contributed by atoms with Crippen molar-refractivity contribution in [2.75, 3.05) is 0 Å². The maximum atomic E-state index is 6.62. The second-order valence-electron chi connectivity index (χ2n) is 14.2. The Balaban J connectivity index is 1.22. The number of hydrogen-bond acceptors (Lipinski definition) is 5. The van der Waals surface area contributed by atoms with Crippen LogP contribution in [0.2, 0.25) is 0 Å². The van der Waals surface area contributed by atoms with Gasteiger partial charge in [0, 0.05) is 27.9 Å². The normalized spacial score (nSPS) is 16.6. The number of allylic oxidation sites excluding steroid dienone is 12. The fraction of sp³-hybridized carbons (Fsp3) is 0.0189. The molecule has 5 aromatic rings. The van der Waals surface area contributed by atoms with Crippen LogP contribution < -0.4 is 4.74 Å². The van der Waals surface area contributed by atoms with Gasteiger partial charge in [-0.25, -0.2) is 20.0 Å². The predicted molar refractivity (Wildman–Crippen MR) is 241 cm³/mol. The van der Waals surface area contributed by atoms with Crippen LogP contribution in [0.4, 0.5) is 0 Å². The van der Waals surface area contributed by atoms with Crippen LogP contribution in [0.1, 0.15) is 33.4 Å². The molecule has 0 N–H and O–H groups in total. The molecule has 5 nitrogen and oxygen atoms in total. The molecule has 5 heteroatoms. The van der Waals surface area contributed by atoms with Crippen LogP contribution in [-0.2, 0) is 6.61 Å². The average Bonchev–Trinajstić information content (AvgIpc) is 4.13. The second kappa shape index (κ2) is 15.1. The molecule has 0 aromatic heterocycles. The minimum Gasteiger partial charge on any atom is -0.488 e. The van der Waals surface area contributed by atoms with Gasteiger partial charge < -0.3 is 4.74 Å². The van der Waals surface area contributed by atoms with Crippen molar-refractivity contribution >= 4 is 51.2 Å². The zero-order valence-electron chi connectivity index (χ0n) is 31.6. The second-order valence-corrected chi connectivity index (χ2v) is 14.2. The van der Waals surface area contributed by atoms with Gasteiger partial charge in [-0.3, -0.25) is 0 Å². The van der Waals surface area contributed by atoms with E-state index < -0.39 is 0 Å². The number of para-hydroxylation sites is 1. The Morgan fingerprint density at radius 1 is 0.397 bits per heavy atom. The van der Waals surface area contributed by atoms with Crippen LogP contribution in [0.5, 0.6) is 5.75 Å². The monoisotopic (exact) mass is 744 g/mol. The van der Waals surface area contributed by atoms with E-state index in [1.807, 2.05) is 42.5 Å². The van der Waals surface area contributed by atoms with Crippen LogP contribution in [-0.4, -0.2) is 22.8 Å². The fourth-order valence-corrected chi connectivity index (χ4v) is 7.78. The summed E-state index contributed by atoms with van der Waals surface area (Å²) in [5.41, 5.74) is 16.4. The highest BCUT2D eigenvalue weighted by Crippen LogP contribution is 2.40. The molecule has 5 aliphatic heterocycles. The Kier molecular flexibility index (Phi) is 9.01. The van der Waals surface area contributed by atoms with Gasteiger partial charge in [0.2, 0.25) is 0 Å².